The van der Waals surface area contributed by atoms with Crippen molar-refractivity contribution in [3.63, 3.8) is 0 Å². The van der Waals surface area contributed by atoms with Crippen molar-refractivity contribution in [1.29, 1.82) is 0 Å². The molecule has 336 valence electrons. The monoisotopic (exact) mass is 871 g/mol. The molecular formula is C51H57N3O10. The molecule has 4 aromatic carbocycles. The van der Waals surface area contributed by atoms with Gasteiger partial charge in [-0.05, 0) is 62.6 Å². The first kappa shape index (κ1) is 47.1. The first-order valence-corrected chi connectivity index (χ1v) is 21.4. The lowest BCUT2D eigenvalue weighted by atomic mass is 9.90. The van der Waals surface area contributed by atoms with Crippen molar-refractivity contribution in [2.75, 3.05) is 27.7 Å². The molecule has 64 heavy (non-hydrogen) atoms. The maximum Gasteiger partial charge on any atom is 0.338 e. The predicted octanol–water partition coefficient (Wildman–Crippen LogP) is 6.00. The van der Waals surface area contributed by atoms with E-state index in [0.29, 0.717) is 16.7 Å². The summed E-state index contributed by atoms with van der Waals surface area (Å²) in [4.78, 5) is 70.7. The van der Waals surface area contributed by atoms with Crippen LogP contribution in [0.4, 0.5) is 0 Å². The minimum absolute atomic E-state index is 0.0386. The molecule has 3 amide bonds. The molecular weight excluding hydrogens is 815 g/mol. The molecule has 1 aliphatic carbocycles. The summed E-state index contributed by atoms with van der Waals surface area (Å²) >= 11 is 0. The van der Waals surface area contributed by atoms with Crippen molar-refractivity contribution in [2.45, 2.75) is 88.2 Å². The van der Waals surface area contributed by atoms with Crippen LogP contribution in [-0.4, -0.2) is 108 Å². The summed E-state index contributed by atoms with van der Waals surface area (Å²) in [6.07, 6.45) is 2.04. The highest BCUT2D eigenvalue weighted by Gasteiger charge is 2.55. The van der Waals surface area contributed by atoms with Gasteiger partial charge in [0.05, 0.1) is 18.2 Å². The molecule has 13 heteroatoms. The van der Waals surface area contributed by atoms with E-state index in [1.54, 1.807) is 71.3 Å². The normalized spacial score (nSPS) is 18.8. The third kappa shape index (κ3) is 11.8. The number of ether oxygens (including phenoxy) is 4. The second-order valence-electron chi connectivity index (χ2n) is 17.2. The van der Waals surface area contributed by atoms with Crippen LogP contribution in [-0.2, 0) is 50.3 Å². The smallest absolute Gasteiger partial charge is 0.338 e. The Hall–Kier alpha value is -6.41. The number of rotatable bonds is 16. The molecule has 0 saturated carbocycles. The highest BCUT2D eigenvalue weighted by molar-refractivity contribution is 5.98. The second-order valence-corrected chi connectivity index (χ2v) is 17.2. The molecule has 0 spiro atoms. The lowest BCUT2D eigenvalue weighted by molar-refractivity contribution is -0.157. The largest absolute Gasteiger partial charge is 0.460 e. The van der Waals surface area contributed by atoms with Gasteiger partial charge >= 0.3 is 11.9 Å². The van der Waals surface area contributed by atoms with Gasteiger partial charge in [-0.2, -0.15) is 0 Å². The fraction of sp³-hybridized carbons (Fsp3) is 0.353. The fourth-order valence-electron chi connectivity index (χ4n) is 7.68. The van der Waals surface area contributed by atoms with E-state index in [4.69, 9.17) is 18.9 Å². The summed E-state index contributed by atoms with van der Waals surface area (Å²) in [5.74, 6) is -3.85. The molecule has 5 atom stereocenters. The number of nitrogens with zero attached hydrogens (tertiary/aromatic N) is 2. The van der Waals surface area contributed by atoms with Crippen molar-refractivity contribution >= 4 is 35.7 Å². The van der Waals surface area contributed by atoms with E-state index in [2.05, 4.69) is 5.32 Å². The molecule has 0 radical (unpaired) electrons. The van der Waals surface area contributed by atoms with E-state index in [0.717, 1.165) is 5.56 Å². The zero-order valence-electron chi connectivity index (χ0n) is 37.1. The predicted molar refractivity (Wildman–Crippen MR) is 240 cm³/mol. The van der Waals surface area contributed by atoms with Gasteiger partial charge in [0.1, 0.15) is 30.0 Å². The maximum absolute atomic E-state index is 14.8. The van der Waals surface area contributed by atoms with Crippen LogP contribution in [0.2, 0.25) is 0 Å². The van der Waals surface area contributed by atoms with Crippen LogP contribution in [0.15, 0.2) is 133 Å². The number of esters is 2. The lowest BCUT2D eigenvalue weighted by Crippen LogP contribution is -2.53. The summed E-state index contributed by atoms with van der Waals surface area (Å²) < 4.78 is 25.5. The van der Waals surface area contributed by atoms with Gasteiger partial charge < -0.3 is 39.2 Å². The van der Waals surface area contributed by atoms with E-state index in [1.165, 1.54) is 22.9 Å². The Bertz CT molecular complexity index is 2290. The third-order valence-corrected chi connectivity index (χ3v) is 10.9. The van der Waals surface area contributed by atoms with Gasteiger partial charge in [0, 0.05) is 63.2 Å². The number of aliphatic hydroxyl groups excluding tert-OH is 1. The number of amides is 3. The summed E-state index contributed by atoms with van der Waals surface area (Å²) in [5, 5.41) is 13.1. The zero-order valence-corrected chi connectivity index (χ0v) is 37.1. The van der Waals surface area contributed by atoms with Gasteiger partial charge in [-0.15, -0.1) is 0 Å². The molecule has 4 aromatic rings. The van der Waals surface area contributed by atoms with E-state index in [1.807, 2.05) is 91.0 Å². The van der Waals surface area contributed by atoms with Crippen LogP contribution in [0, 0.1) is 0 Å². The molecule has 1 aliphatic heterocycles. The second kappa shape index (κ2) is 20.8. The number of fused-ring (bicyclic) bond motifs is 1. The molecule has 0 aromatic heterocycles. The van der Waals surface area contributed by atoms with Crippen molar-refractivity contribution in [2.24, 2.45) is 0 Å². The summed E-state index contributed by atoms with van der Waals surface area (Å²) in [5.41, 5.74) is 2.53. The van der Waals surface area contributed by atoms with Gasteiger partial charge in [-0.25, -0.2) is 4.79 Å². The minimum atomic E-state index is -1.44. The number of aliphatic hydroxyl groups is 1. The number of hydrogen-bond donors (Lipinski definition) is 2. The Labute approximate surface area is 374 Å². The van der Waals surface area contributed by atoms with E-state index >= 15 is 0 Å². The average Bonchev–Trinajstić information content (AvgIpc) is 3.70. The standard InChI is InChI=1S/C51H57N3O10/c1-50(2,3)63-45(57)28-26-40(33-55)52-47(58)41(30-34-17-10-7-11-18-34)54(6)48(59)37-31-42(61-49(60)36-20-16-19-35(29-36)25-27-44(56)53(4)5)46-43(32-37)62-51(64-46,38-21-12-8-13-22-38)39-23-14-9-15-24-39/h7-25,27,29,32,40-43,46,55H,26,28,30-31,33H2,1-6H3,(H,52,58). The average molecular weight is 872 g/mol. The Morgan fingerprint density at radius 3 is 2.08 bits per heavy atom. The SMILES string of the molecule is CN(C)C(=O)C=Cc1cccc(C(=O)OC2CC(C(=O)N(C)C(Cc3ccccc3)C(=O)NC(CO)CCC(=O)OC(C)(C)C)=CC3OC(c4ccccc4)(c4ccccc4)OC32)c1. The van der Waals surface area contributed by atoms with E-state index < -0.39 is 72.1 Å². The highest BCUT2D eigenvalue weighted by atomic mass is 16.8. The Morgan fingerprint density at radius 2 is 1.48 bits per heavy atom. The van der Waals surface area contributed by atoms with Gasteiger partial charge in [-0.1, -0.05) is 103 Å². The third-order valence-electron chi connectivity index (χ3n) is 10.9. The van der Waals surface area contributed by atoms with Crippen LogP contribution < -0.4 is 5.32 Å². The van der Waals surface area contributed by atoms with Gasteiger partial charge in [-0.3, -0.25) is 19.2 Å². The number of hydrogen-bond acceptors (Lipinski definition) is 10. The van der Waals surface area contributed by atoms with Crippen molar-refractivity contribution in [3.8, 4) is 0 Å². The summed E-state index contributed by atoms with van der Waals surface area (Å²) in [6, 6.07) is 32.8. The molecule has 0 bridgehead atoms. The topological polar surface area (TPSA) is 161 Å². The Balaban J connectivity index is 1.32. The lowest BCUT2D eigenvalue weighted by Gasteiger charge is -2.34. The molecule has 13 nitrogen and oxygen atoms in total. The van der Waals surface area contributed by atoms with Crippen LogP contribution in [0.5, 0.6) is 0 Å². The Kier molecular flexibility index (Phi) is 15.3. The minimum Gasteiger partial charge on any atom is -0.460 e. The molecule has 5 unspecified atom stereocenters. The van der Waals surface area contributed by atoms with Crippen molar-refractivity contribution in [1.82, 2.24) is 15.1 Å². The van der Waals surface area contributed by atoms with Crippen molar-refractivity contribution < 1.29 is 48.0 Å². The van der Waals surface area contributed by atoms with E-state index in [9.17, 15) is 29.1 Å². The summed E-state index contributed by atoms with van der Waals surface area (Å²) in [6.45, 7) is 4.84. The van der Waals surface area contributed by atoms with E-state index in [-0.39, 0.29) is 42.7 Å². The van der Waals surface area contributed by atoms with Gasteiger partial charge in [0.2, 0.25) is 23.5 Å². The van der Waals surface area contributed by atoms with Crippen LogP contribution in [0.1, 0.15) is 72.6 Å². The maximum atomic E-state index is 14.8. The van der Waals surface area contributed by atoms with Gasteiger partial charge in [0.15, 0.2) is 0 Å². The number of benzene rings is 4. The fourth-order valence-corrected chi connectivity index (χ4v) is 7.68. The van der Waals surface area contributed by atoms with Crippen LogP contribution in [0.25, 0.3) is 6.08 Å². The quantitative estimate of drug-likeness (QED) is 0.101. The van der Waals surface area contributed by atoms with Crippen molar-refractivity contribution in [3.05, 3.63) is 161 Å². The van der Waals surface area contributed by atoms with Gasteiger partial charge in [0.25, 0.3) is 0 Å². The molecule has 1 fully saturated rings. The zero-order chi connectivity index (χ0) is 46.0. The van der Waals surface area contributed by atoms with Crippen LogP contribution >= 0.6 is 0 Å². The number of carbonyl (C=O) groups excluding carboxylic acids is 5. The molecule has 1 heterocycles. The number of carbonyl (C=O) groups is 5. The number of nitrogens with one attached hydrogen (secondary N) is 1. The molecule has 2 N–H and O–H groups in total. The first-order valence-electron chi connectivity index (χ1n) is 21.4. The molecule has 1 saturated heterocycles. The highest BCUT2D eigenvalue weighted by Crippen LogP contribution is 2.47. The molecule has 6 rings (SSSR count). The summed E-state index contributed by atoms with van der Waals surface area (Å²) in [7, 11) is 4.82. The first-order chi connectivity index (χ1) is 30.6. The molecule has 2 aliphatic rings. The Morgan fingerprint density at radius 1 is 0.859 bits per heavy atom. The number of likely N-dealkylation sites (N-methyl/N-ethyl adjacent to an activating group) is 2. The van der Waals surface area contributed by atoms with Crippen LogP contribution in [0.3, 0.4) is 0 Å².